The zero-order valence-corrected chi connectivity index (χ0v) is 31.4. The van der Waals surface area contributed by atoms with Crippen molar-refractivity contribution in [3.63, 3.8) is 0 Å². The van der Waals surface area contributed by atoms with Crippen LogP contribution in [0, 0.1) is 11.3 Å². The van der Waals surface area contributed by atoms with Crippen molar-refractivity contribution in [3.05, 3.63) is 46.5 Å². The molecule has 1 fully saturated rings. The summed E-state index contributed by atoms with van der Waals surface area (Å²) in [5, 5.41) is 0. The highest BCUT2D eigenvalue weighted by molar-refractivity contribution is 6.05. The Morgan fingerprint density at radius 3 is 1.90 bits per heavy atom. The molecule has 0 radical (unpaired) electrons. The van der Waals surface area contributed by atoms with Gasteiger partial charge in [0.2, 0.25) is 5.91 Å². The fraction of sp³-hybridized carbons (Fsp3) is 0.556. The maximum Gasteiger partial charge on any atom is 0.323 e. The molecule has 48 heavy (non-hydrogen) atoms. The molecule has 2 heterocycles. The molecule has 2 unspecified atom stereocenters. The molecule has 12 heteroatoms. The summed E-state index contributed by atoms with van der Waals surface area (Å²) in [5.74, 6) is 0.453. The topological polar surface area (TPSA) is 113 Å². The van der Waals surface area contributed by atoms with Crippen molar-refractivity contribution in [2.24, 2.45) is 11.3 Å². The second-order valence-corrected chi connectivity index (χ2v) is 12.4. The lowest BCUT2D eigenvalue weighted by molar-refractivity contribution is -0.501. The number of likely N-dealkylation sites (N-methyl/N-ethyl adjacent to an activating group) is 1. The van der Waals surface area contributed by atoms with Crippen molar-refractivity contribution in [2.75, 3.05) is 61.8 Å². The second-order valence-electron chi connectivity index (χ2n) is 12.4. The van der Waals surface area contributed by atoms with Crippen molar-refractivity contribution >= 4 is 23.6 Å². The maximum absolute atomic E-state index is 14.0. The zero-order valence-electron chi connectivity index (χ0n) is 29.2. The molecule has 2 atom stereocenters. The van der Waals surface area contributed by atoms with E-state index in [1.165, 1.54) is 0 Å². The Morgan fingerprint density at radius 2 is 1.35 bits per heavy atom. The van der Waals surface area contributed by atoms with E-state index in [2.05, 4.69) is 4.58 Å². The van der Waals surface area contributed by atoms with Crippen LogP contribution in [-0.2, 0) is 42.2 Å². The fourth-order valence-corrected chi connectivity index (χ4v) is 8.14. The van der Waals surface area contributed by atoms with E-state index in [9.17, 15) is 14.4 Å². The van der Waals surface area contributed by atoms with Crippen LogP contribution in [0.4, 0.5) is 0 Å². The predicted octanol–water partition coefficient (Wildman–Crippen LogP) is 0.925. The van der Waals surface area contributed by atoms with Crippen molar-refractivity contribution in [2.45, 2.75) is 58.4 Å². The Hall–Kier alpha value is -3.55. The van der Waals surface area contributed by atoms with Gasteiger partial charge in [0.15, 0.2) is 34.1 Å². The van der Waals surface area contributed by atoms with E-state index in [0.29, 0.717) is 48.9 Å². The number of benzene rings is 2. The molecule has 2 aromatic carbocycles. The van der Waals surface area contributed by atoms with Gasteiger partial charge in [-0.05, 0) is 80.5 Å². The van der Waals surface area contributed by atoms with Gasteiger partial charge in [0.25, 0.3) is 0 Å². The van der Waals surface area contributed by atoms with Crippen LogP contribution < -0.4 is 42.9 Å². The van der Waals surface area contributed by atoms with Gasteiger partial charge in [-0.1, -0.05) is 0 Å². The number of fused-ring (bicyclic) bond motifs is 3. The van der Waals surface area contributed by atoms with Crippen LogP contribution in [0.5, 0.6) is 23.0 Å². The van der Waals surface area contributed by atoms with E-state index >= 15 is 0 Å². The Morgan fingerprint density at radius 1 is 0.812 bits per heavy atom. The largest absolute Gasteiger partial charge is 1.00 e. The third-order valence-electron chi connectivity index (χ3n) is 10.3. The number of hydrogen-bond acceptors (Lipinski definition) is 9. The van der Waals surface area contributed by atoms with E-state index in [1.807, 2.05) is 36.2 Å². The van der Waals surface area contributed by atoms with Gasteiger partial charge in [-0.3, -0.25) is 14.4 Å². The van der Waals surface area contributed by atoms with Gasteiger partial charge < -0.3 is 57.3 Å². The summed E-state index contributed by atoms with van der Waals surface area (Å²) >= 11 is 0. The van der Waals surface area contributed by atoms with E-state index in [4.69, 9.17) is 28.4 Å². The Kier molecular flexibility index (Phi) is 11.6. The highest BCUT2D eigenvalue weighted by Gasteiger charge is 2.65. The quantitative estimate of drug-likeness (QED) is 0.159. The second kappa shape index (κ2) is 14.9. The number of amides is 1. The summed E-state index contributed by atoms with van der Waals surface area (Å²) in [6.45, 7) is 6.40. The average molecular weight is 779 g/mol. The van der Waals surface area contributed by atoms with Crippen LogP contribution in [0.3, 0.4) is 0 Å². The first-order chi connectivity index (χ1) is 22.6. The minimum Gasteiger partial charge on any atom is -1.00 e. The summed E-state index contributed by atoms with van der Waals surface area (Å²) in [6.07, 6.45) is 1.85. The average Bonchev–Trinajstić information content (AvgIpc) is 3.07. The molecule has 5 rings (SSSR count). The Balaban J connectivity index is 0.00000520. The van der Waals surface area contributed by atoms with Crippen LogP contribution in [0.25, 0.3) is 0 Å². The number of rotatable bonds is 9. The number of nitrogens with zero attached hydrogens (tertiary/aromatic N) is 2. The van der Waals surface area contributed by atoms with Crippen LogP contribution in [0.15, 0.2) is 24.3 Å². The lowest BCUT2D eigenvalue weighted by Crippen LogP contribution is -3.00. The summed E-state index contributed by atoms with van der Waals surface area (Å²) in [4.78, 5) is 43.7. The van der Waals surface area contributed by atoms with Gasteiger partial charge >= 0.3 is 11.9 Å². The monoisotopic (exact) mass is 778 g/mol. The summed E-state index contributed by atoms with van der Waals surface area (Å²) < 4.78 is 36.3. The van der Waals surface area contributed by atoms with E-state index in [1.54, 1.807) is 49.2 Å². The number of hydrogen-bond donors (Lipinski definition) is 0. The first-order valence-electron chi connectivity index (χ1n) is 16.3. The van der Waals surface area contributed by atoms with Crippen LogP contribution in [0.2, 0.25) is 0 Å². The molecule has 262 valence electrons. The molecule has 0 N–H and O–H groups in total. The standard InChI is InChI=1S/C36H47N2O9.HI/c1-9-46-33(40)35(34(41)47-10-2)13-14-36(26-20-31(45-8)29(43-6)18-24(26)12-16-38(36)22(3)39)27(21-35)32-25-19-30(44-7)28(42-5)17-23(25)11-15-37(32)4;/h17-20,27H,9-16,21H2,1-8H3;1H/q+1;/p-1. The summed E-state index contributed by atoms with van der Waals surface area (Å²) in [5.41, 5.74) is 2.27. The molecule has 2 aliphatic heterocycles. The SMILES string of the molecule is CCOC(=O)C1(C(=O)OCC)CCC2(c3cc(OC)c(OC)cc3CCN2C(C)=O)C(C2=[N+](C)CCc3cc(OC)c(OC)cc32)C1.[I-]. The third-order valence-corrected chi connectivity index (χ3v) is 10.3. The van der Waals surface area contributed by atoms with Crippen LogP contribution in [0.1, 0.15) is 62.3 Å². The van der Waals surface area contributed by atoms with Gasteiger partial charge in [0.05, 0.1) is 53.1 Å². The van der Waals surface area contributed by atoms with E-state index < -0.39 is 28.8 Å². The predicted molar refractivity (Wildman–Crippen MR) is 174 cm³/mol. The third kappa shape index (κ3) is 5.98. The molecule has 3 aliphatic rings. The van der Waals surface area contributed by atoms with Crippen molar-refractivity contribution in [1.29, 1.82) is 0 Å². The van der Waals surface area contributed by atoms with Crippen molar-refractivity contribution in [3.8, 4) is 23.0 Å². The van der Waals surface area contributed by atoms with Crippen LogP contribution >= 0.6 is 0 Å². The van der Waals surface area contributed by atoms with Crippen molar-refractivity contribution in [1.82, 2.24) is 4.90 Å². The van der Waals surface area contributed by atoms with Crippen molar-refractivity contribution < 1.29 is 71.4 Å². The molecule has 1 amide bonds. The lowest BCUT2D eigenvalue weighted by atomic mass is 9.55. The van der Waals surface area contributed by atoms with Gasteiger partial charge in [0.1, 0.15) is 13.6 Å². The van der Waals surface area contributed by atoms with E-state index in [0.717, 1.165) is 34.4 Å². The molecule has 0 aromatic heterocycles. The molecule has 2 aromatic rings. The molecule has 1 spiro atoms. The van der Waals surface area contributed by atoms with Gasteiger partial charge in [-0.25, -0.2) is 4.58 Å². The lowest BCUT2D eigenvalue weighted by Gasteiger charge is -2.56. The molecular formula is C36H47IN2O9. The number of carbonyl (C=O) groups excluding carboxylic acids is 3. The van der Waals surface area contributed by atoms with Gasteiger partial charge in [-0.15, -0.1) is 0 Å². The molecular weight excluding hydrogens is 731 g/mol. The number of esters is 2. The normalized spacial score (nSPS) is 20.9. The molecule has 1 saturated carbocycles. The summed E-state index contributed by atoms with van der Waals surface area (Å²) in [7, 11) is 8.42. The zero-order chi connectivity index (χ0) is 34.1. The van der Waals surface area contributed by atoms with Gasteiger partial charge in [-0.2, -0.15) is 0 Å². The first kappa shape index (κ1) is 37.3. The fourth-order valence-electron chi connectivity index (χ4n) is 8.14. The van der Waals surface area contributed by atoms with Crippen LogP contribution in [-0.4, -0.2) is 94.8 Å². The minimum absolute atomic E-state index is 0. The minimum atomic E-state index is -1.58. The highest BCUT2D eigenvalue weighted by atomic mass is 127. The summed E-state index contributed by atoms with van der Waals surface area (Å²) in [6, 6.07) is 7.91. The van der Waals surface area contributed by atoms with E-state index in [-0.39, 0.29) is 55.9 Å². The number of carbonyl (C=O) groups is 3. The smallest absolute Gasteiger partial charge is 0.323 e. The van der Waals surface area contributed by atoms with Gasteiger partial charge in [0, 0.05) is 25.5 Å². The highest BCUT2D eigenvalue weighted by Crippen LogP contribution is 2.58. The molecule has 11 nitrogen and oxygen atoms in total. The molecule has 1 aliphatic carbocycles. The Bertz CT molecular complexity index is 1590. The number of ether oxygens (including phenoxy) is 6. The molecule has 0 bridgehead atoms. The Labute approximate surface area is 299 Å². The number of halogens is 1. The first-order valence-corrected chi connectivity index (χ1v) is 16.3. The maximum atomic E-state index is 14.0. The number of methoxy groups -OCH3 is 4. The molecule has 0 saturated heterocycles.